The normalized spacial score (nSPS) is 10.2. The predicted octanol–water partition coefficient (Wildman–Crippen LogP) is 2.82. The van der Waals surface area contributed by atoms with E-state index >= 15 is 0 Å². The summed E-state index contributed by atoms with van der Waals surface area (Å²) in [6.45, 7) is 0. The van der Waals surface area contributed by atoms with Crippen LogP contribution >= 0.6 is 11.6 Å². The van der Waals surface area contributed by atoms with E-state index in [1.807, 2.05) is 0 Å². The van der Waals surface area contributed by atoms with Crippen LogP contribution < -0.4 is 4.74 Å². The highest BCUT2D eigenvalue weighted by Crippen LogP contribution is 2.26. The molecule has 1 nitrogen and oxygen atoms in total. The zero-order valence-corrected chi connectivity index (χ0v) is 6.84. The van der Waals surface area contributed by atoms with Crippen LogP contribution in [0, 0.1) is 23.3 Å². The van der Waals surface area contributed by atoms with Crippen molar-refractivity contribution < 1.29 is 22.3 Å². The van der Waals surface area contributed by atoms with Crippen LogP contribution in [0.5, 0.6) is 5.75 Å². The van der Waals surface area contributed by atoms with Gasteiger partial charge < -0.3 is 4.74 Å². The summed E-state index contributed by atoms with van der Waals surface area (Å²) in [5.74, 6) is -7.40. The van der Waals surface area contributed by atoms with Gasteiger partial charge in [-0.1, -0.05) is 11.6 Å². The van der Waals surface area contributed by atoms with Crippen LogP contribution in [-0.4, -0.2) is 6.07 Å². The van der Waals surface area contributed by atoms with E-state index in [-0.39, 0.29) is 6.07 Å². The Bertz CT molecular complexity index is 303. The third kappa shape index (κ3) is 1.85. The van der Waals surface area contributed by atoms with Gasteiger partial charge in [-0.05, 0) is 0 Å². The molecule has 1 aromatic rings. The minimum Gasteiger partial charge on any atom is -0.472 e. The van der Waals surface area contributed by atoms with Crippen molar-refractivity contribution in [3.05, 3.63) is 29.3 Å². The Kier molecular flexibility index (Phi) is 2.98. The fraction of sp³-hybridized carbons (Fsp3) is 0.143. The van der Waals surface area contributed by atoms with Crippen LogP contribution in [0.3, 0.4) is 0 Å². The average Bonchev–Trinajstić information content (AvgIpc) is 2.09. The maximum Gasteiger partial charge on any atom is 0.203 e. The van der Waals surface area contributed by atoms with Crippen molar-refractivity contribution in [3.63, 3.8) is 0 Å². The van der Waals surface area contributed by atoms with Gasteiger partial charge >= 0.3 is 0 Å². The number of alkyl halides is 1. The molecule has 1 rings (SSSR count). The minimum atomic E-state index is -1.60. The largest absolute Gasteiger partial charge is 0.472 e. The third-order valence-corrected chi connectivity index (χ3v) is 1.38. The van der Waals surface area contributed by atoms with Crippen molar-refractivity contribution >= 4 is 11.6 Å². The zero-order chi connectivity index (χ0) is 10.0. The van der Waals surface area contributed by atoms with Crippen molar-refractivity contribution in [3.8, 4) is 5.75 Å². The molecule has 0 bridgehead atoms. The van der Waals surface area contributed by atoms with Crippen molar-refractivity contribution in [2.24, 2.45) is 0 Å². The second-order valence-electron chi connectivity index (χ2n) is 2.05. The van der Waals surface area contributed by atoms with Crippen LogP contribution in [0.15, 0.2) is 6.07 Å². The molecule has 0 heterocycles. The number of rotatable bonds is 2. The van der Waals surface area contributed by atoms with E-state index in [9.17, 15) is 17.6 Å². The molecular formula is C7H3ClF4O. The third-order valence-electron chi connectivity index (χ3n) is 1.27. The molecule has 0 saturated carbocycles. The standard InChI is InChI=1S/C7H3ClF4O/c8-2-13-7-5(11)3(9)1-4(10)6(7)12/h1H,2H2. The Hall–Kier alpha value is -0.970. The molecule has 0 amide bonds. The Morgan fingerprint density at radius 2 is 1.54 bits per heavy atom. The van der Waals surface area contributed by atoms with Crippen LogP contribution in [-0.2, 0) is 0 Å². The van der Waals surface area contributed by atoms with Crippen LogP contribution in [0.25, 0.3) is 0 Å². The highest BCUT2D eigenvalue weighted by Gasteiger charge is 2.19. The van der Waals surface area contributed by atoms with Gasteiger partial charge in [-0.2, -0.15) is 8.78 Å². The van der Waals surface area contributed by atoms with Crippen molar-refractivity contribution in [2.75, 3.05) is 6.07 Å². The number of hydrogen-bond acceptors (Lipinski definition) is 1. The Morgan fingerprint density at radius 1 is 1.08 bits per heavy atom. The first kappa shape index (κ1) is 10.1. The van der Waals surface area contributed by atoms with E-state index in [0.717, 1.165) is 0 Å². The fourth-order valence-corrected chi connectivity index (χ4v) is 0.842. The fourth-order valence-electron chi connectivity index (χ4n) is 0.733. The minimum absolute atomic E-state index is 0.0890. The maximum atomic E-state index is 12.7. The quantitative estimate of drug-likeness (QED) is 0.418. The molecule has 0 aliphatic rings. The van der Waals surface area contributed by atoms with Crippen LogP contribution in [0.4, 0.5) is 17.6 Å². The lowest BCUT2D eigenvalue weighted by molar-refractivity contribution is 0.317. The van der Waals surface area contributed by atoms with Gasteiger partial charge in [-0.25, -0.2) is 8.78 Å². The molecule has 6 heteroatoms. The second-order valence-corrected chi connectivity index (χ2v) is 2.27. The molecule has 1 aromatic carbocycles. The number of halogens is 5. The zero-order valence-electron chi connectivity index (χ0n) is 6.08. The molecule has 72 valence electrons. The molecule has 0 radical (unpaired) electrons. The van der Waals surface area contributed by atoms with Crippen molar-refractivity contribution in [1.29, 1.82) is 0 Å². The number of benzene rings is 1. The summed E-state index contributed by atoms with van der Waals surface area (Å²) in [4.78, 5) is 0. The molecular weight excluding hydrogens is 212 g/mol. The van der Waals surface area contributed by atoms with Gasteiger partial charge in [-0.3, -0.25) is 0 Å². The van der Waals surface area contributed by atoms with Gasteiger partial charge in [0.25, 0.3) is 0 Å². The highest BCUT2D eigenvalue weighted by molar-refractivity contribution is 6.17. The van der Waals surface area contributed by atoms with E-state index < -0.39 is 35.1 Å². The van der Waals surface area contributed by atoms with Crippen LogP contribution in [0.2, 0.25) is 0 Å². The van der Waals surface area contributed by atoms with Gasteiger partial charge in [0, 0.05) is 6.07 Å². The molecule has 0 saturated heterocycles. The van der Waals surface area contributed by atoms with E-state index in [0.29, 0.717) is 0 Å². The summed E-state index contributed by atoms with van der Waals surface area (Å²) < 4.78 is 54.4. The summed E-state index contributed by atoms with van der Waals surface area (Å²) in [6.07, 6.45) is 0. The predicted molar refractivity (Wildman–Crippen MR) is 37.6 cm³/mol. The van der Waals surface area contributed by atoms with E-state index in [4.69, 9.17) is 11.6 Å². The molecule has 0 atom stereocenters. The summed E-state index contributed by atoms with van der Waals surface area (Å²) in [5, 5.41) is 0. The topological polar surface area (TPSA) is 9.23 Å². The van der Waals surface area contributed by atoms with Crippen molar-refractivity contribution in [2.45, 2.75) is 0 Å². The van der Waals surface area contributed by atoms with E-state index in [1.54, 1.807) is 0 Å². The maximum absolute atomic E-state index is 12.7. The number of hydrogen-bond donors (Lipinski definition) is 0. The van der Waals surface area contributed by atoms with Gasteiger partial charge in [0.2, 0.25) is 11.6 Å². The van der Waals surface area contributed by atoms with Crippen LogP contribution in [0.1, 0.15) is 0 Å². The SMILES string of the molecule is Fc1cc(F)c(F)c(OCCl)c1F. The molecule has 0 fully saturated rings. The lowest BCUT2D eigenvalue weighted by atomic mass is 10.3. The molecule has 0 unspecified atom stereocenters. The Balaban J connectivity index is 3.28. The van der Waals surface area contributed by atoms with E-state index in [1.165, 1.54) is 0 Å². The summed E-state index contributed by atoms with van der Waals surface area (Å²) in [5.41, 5.74) is 0. The monoisotopic (exact) mass is 214 g/mol. The summed E-state index contributed by atoms with van der Waals surface area (Å²) in [7, 11) is 0. The molecule has 0 N–H and O–H groups in total. The molecule has 0 aromatic heterocycles. The van der Waals surface area contributed by atoms with Gasteiger partial charge in [-0.15, -0.1) is 0 Å². The van der Waals surface area contributed by atoms with E-state index in [2.05, 4.69) is 4.74 Å². The van der Waals surface area contributed by atoms with Gasteiger partial charge in [0.05, 0.1) is 0 Å². The molecule has 0 aliphatic carbocycles. The molecule has 0 spiro atoms. The lowest BCUT2D eigenvalue weighted by Gasteiger charge is -2.05. The van der Waals surface area contributed by atoms with Gasteiger partial charge in [0.1, 0.15) is 0 Å². The second kappa shape index (κ2) is 3.83. The lowest BCUT2D eigenvalue weighted by Crippen LogP contribution is -2.01. The first-order valence-corrected chi connectivity index (χ1v) is 3.63. The Labute approximate surface area is 75.9 Å². The summed E-state index contributed by atoms with van der Waals surface area (Å²) in [6, 6.07) is -0.511. The Morgan fingerprint density at radius 3 is 1.92 bits per heavy atom. The average molecular weight is 215 g/mol. The number of ether oxygens (including phenoxy) is 1. The smallest absolute Gasteiger partial charge is 0.203 e. The van der Waals surface area contributed by atoms with Crippen molar-refractivity contribution in [1.82, 2.24) is 0 Å². The molecule has 0 aliphatic heterocycles. The summed E-state index contributed by atoms with van der Waals surface area (Å²) >= 11 is 4.98. The first-order valence-electron chi connectivity index (χ1n) is 3.09. The van der Waals surface area contributed by atoms with Gasteiger partial charge in [0.15, 0.2) is 23.5 Å². The first-order chi connectivity index (χ1) is 6.07. The molecule has 13 heavy (non-hydrogen) atoms. The highest BCUT2D eigenvalue weighted by atomic mass is 35.5.